The third-order valence-corrected chi connectivity index (χ3v) is 6.08. The number of carbonyl (C=O) groups is 1. The standard InChI is InChI=1S/C20H23NO4S/c1-14(15-8-10-18(11-9-15)26(3,23)24)21(2)20(22)17-12-16-6-4-5-7-19(16)25-13-17/h4-11,14,17H,12-13H2,1-3H3. The van der Waals surface area contributed by atoms with Crippen LogP contribution in [0.4, 0.5) is 0 Å². The lowest BCUT2D eigenvalue weighted by Gasteiger charge is -2.31. The van der Waals surface area contributed by atoms with Gasteiger partial charge in [-0.3, -0.25) is 4.79 Å². The Labute approximate surface area is 154 Å². The molecule has 0 radical (unpaired) electrons. The van der Waals surface area contributed by atoms with Crippen LogP contribution < -0.4 is 4.74 Å². The van der Waals surface area contributed by atoms with Gasteiger partial charge < -0.3 is 9.64 Å². The topological polar surface area (TPSA) is 63.7 Å². The fourth-order valence-electron chi connectivity index (χ4n) is 3.18. The van der Waals surface area contributed by atoms with Crippen LogP contribution >= 0.6 is 0 Å². The van der Waals surface area contributed by atoms with E-state index in [1.54, 1.807) is 36.2 Å². The van der Waals surface area contributed by atoms with Gasteiger partial charge in [0.1, 0.15) is 12.4 Å². The van der Waals surface area contributed by atoms with Crippen molar-refractivity contribution in [3.05, 3.63) is 59.7 Å². The van der Waals surface area contributed by atoms with Crippen molar-refractivity contribution in [3.63, 3.8) is 0 Å². The number of fused-ring (bicyclic) bond motifs is 1. The predicted octanol–water partition coefficient (Wildman–Crippen LogP) is 2.86. The largest absolute Gasteiger partial charge is 0.492 e. The fraction of sp³-hybridized carbons (Fsp3) is 0.350. The van der Waals surface area contributed by atoms with Crippen LogP contribution in [0.15, 0.2) is 53.4 Å². The molecule has 0 aromatic heterocycles. The summed E-state index contributed by atoms with van der Waals surface area (Å²) in [5.74, 6) is 0.662. The van der Waals surface area contributed by atoms with E-state index in [2.05, 4.69) is 0 Å². The number of hydrogen-bond acceptors (Lipinski definition) is 4. The van der Waals surface area contributed by atoms with Crippen LogP contribution in [-0.2, 0) is 21.1 Å². The molecular formula is C20H23NO4S. The Morgan fingerprint density at radius 2 is 1.81 bits per heavy atom. The van der Waals surface area contributed by atoms with Gasteiger partial charge in [0.05, 0.1) is 16.9 Å². The van der Waals surface area contributed by atoms with Gasteiger partial charge in [0.15, 0.2) is 9.84 Å². The summed E-state index contributed by atoms with van der Waals surface area (Å²) in [5, 5.41) is 0. The molecule has 0 fully saturated rings. The lowest BCUT2D eigenvalue weighted by Crippen LogP contribution is -2.39. The van der Waals surface area contributed by atoms with Crippen LogP contribution in [0.1, 0.15) is 24.1 Å². The van der Waals surface area contributed by atoms with Crippen molar-refractivity contribution in [1.82, 2.24) is 4.90 Å². The number of benzene rings is 2. The second kappa shape index (κ2) is 7.11. The highest BCUT2D eigenvalue weighted by Gasteiger charge is 2.30. The Morgan fingerprint density at radius 3 is 2.46 bits per heavy atom. The first kappa shape index (κ1) is 18.5. The maximum absolute atomic E-state index is 12.9. The smallest absolute Gasteiger partial charge is 0.229 e. The minimum atomic E-state index is -3.22. The molecule has 0 saturated heterocycles. The molecule has 5 nitrogen and oxygen atoms in total. The first-order valence-corrected chi connectivity index (χ1v) is 10.4. The average molecular weight is 373 g/mol. The van der Waals surface area contributed by atoms with E-state index >= 15 is 0 Å². The summed E-state index contributed by atoms with van der Waals surface area (Å²) in [6, 6.07) is 14.3. The quantitative estimate of drug-likeness (QED) is 0.827. The van der Waals surface area contributed by atoms with Crippen LogP contribution in [0.5, 0.6) is 5.75 Å². The minimum absolute atomic E-state index is 0.0270. The molecule has 2 aromatic carbocycles. The molecule has 1 aliphatic rings. The Morgan fingerprint density at radius 1 is 1.15 bits per heavy atom. The molecule has 1 amide bonds. The van der Waals surface area contributed by atoms with E-state index in [0.29, 0.717) is 13.0 Å². The molecule has 138 valence electrons. The number of para-hydroxylation sites is 1. The fourth-order valence-corrected chi connectivity index (χ4v) is 3.81. The molecular weight excluding hydrogens is 350 g/mol. The zero-order valence-electron chi connectivity index (χ0n) is 15.2. The molecule has 0 bridgehead atoms. The van der Waals surface area contributed by atoms with Crippen LogP contribution in [-0.4, -0.2) is 39.1 Å². The van der Waals surface area contributed by atoms with Crippen molar-refractivity contribution in [2.75, 3.05) is 19.9 Å². The van der Waals surface area contributed by atoms with Crippen LogP contribution in [0.25, 0.3) is 0 Å². The molecule has 1 heterocycles. The van der Waals surface area contributed by atoms with E-state index in [1.165, 1.54) is 6.26 Å². The second-order valence-electron chi connectivity index (χ2n) is 6.79. The van der Waals surface area contributed by atoms with Crippen LogP contribution in [0, 0.1) is 5.92 Å². The van der Waals surface area contributed by atoms with E-state index in [1.807, 2.05) is 31.2 Å². The molecule has 2 unspecified atom stereocenters. The summed E-state index contributed by atoms with van der Waals surface area (Å²) in [4.78, 5) is 14.9. The summed E-state index contributed by atoms with van der Waals surface area (Å²) >= 11 is 0. The van der Waals surface area contributed by atoms with Gasteiger partial charge in [-0.25, -0.2) is 8.42 Å². The van der Waals surface area contributed by atoms with Crippen LogP contribution in [0.3, 0.4) is 0 Å². The van der Waals surface area contributed by atoms with E-state index in [-0.39, 0.29) is 22.8 Å². The zero-order chi connectivity index (χ0) is 18.9. The first-order valence-electron chi connectivity index (χ1n) is 8.55. The van der Waals surface area contributed by atoms with Crippen molar-refractivity contribution in [3.8, 4) is 5.75 Å². The van der Waals surface area contributed by atoms with E-state index in [4.69, 9.17) is 4.74 Å². The van der Waals surface area contributed by atoms with Crippen molar-refractivity contribution in [2.24, 2.45) is 5.92 Å². The molecule has 3 rings (SSSR count). The average Bonchev–Trinajstić information content (AvgIpc) is 2.65. The molecule has 2 atom stereocenters. The van der Waals surface area contributed by atoms with Gasteiger partial charge in [0.2, 0.25) is 5.91 Å². The van der Waals surface area contributed by atoms with Gasteiger partial charge in [-0.2, -0.15) is 0 Å². The Bertz CT molecular complexity index is 906. The van der Waals surface area contributed by atoms with Gasteiger partial charge in [0, 0.05) is 13.3 Å². The van der Waals surface area contributed by atoms with Gasteiger partial charge in [-0.1, -0.05) is 30.3 Å². The van der Waals surface area contributed by atoms with Crippen molar-refractivity contribution >= 4 is 15.7 Å². The Balaban J connectivity index is 1.72. The second-order valence-corrected chi connectivity index (χ2v) is 8.80. The van der Waals surface area contributed by atoms with Gasteiger partial charge >= 0.3 is 0 Å². The summed E-state index contributed by atoms with van der Waals surface area (Å²) in [5.41, 5.74) is 1.95. The number of hydrogen-bond donors (Lipinski definition) is 0. The van der Waals surface area contributed by atoms with E-state index in [0.717, 1.165) is 16.9 Å². The summed E-state index contributed by atoms with van der Waals surface area (Å²) in [7, 11) is -1.45. The zero-order valence-corrected chi connectivity index (χ0v) is 16.0. The predicted molar refractivity (Wildman–Crippen MR) is 99.9 cm³/mol. The van der Waals surface area contributed by atoms with E-state index in [9.17, 15) is 13.2 Å². The maximum atomic E-state index is 12.9. The lowest BCUT2D eigenvalue weighted by atomic mass is 9.94. The molecule has 1 aliphatic heterocycles. The highest BCUT2D eigenvalue weighted by atomic mass is 32.2. The Hall–Kier alpha value is -2.34. The summed E-state index contributed by atoms with van der Waals surface area (Å²) in [6.45, 7) is 2.31. The number of nitrogens with zero attached hydrogens (tertiary/aromatic N) is 1. The summed E-state index contributed by atoms with van der Waals surface area (Å²) < 4.78 is 28.9. The number of ether oxygens (including phenoxy) is 1. The number of carbonyl (C=O) groups excluding carboxylic acids is 1. The number of sulfone groups is 1. The van der Waals surface area contributed by atoms with Crippen molar-refractivity contribution < 1.29 is 17.9 Å². The van der Waals surface area contributed by atoms with Gasteiger partial charge in [-0.05, 0) is 42.7 Å². The monoisotopic (exact) mass is 373 g/mol. The van der Waals surface area contributed by atoms with Gasteiger partial charge in [-0.15, -0.1) is 0 Å². The summed E-state index contributed by atoms with van der Waals surface area (Å²) in [6.07, 6.45) is 1.85. The minimum Gasteiger partial charge on any atom is -0.492 e. The first-order chi connectivity index (χ1) is 12.3. The molecule has 26 heavy (non-hydrogen) atoms. The third kappa shape index (κ3) is 3.75. The van der Waals surface area contributed by atoms with Crippen molar-refractivity contribution in [1.29, 1.82) is 0 Å². The molecule has 0 saturated carbocycles. The number of rotatable bonds is 4. The lowest BCUT2D eigenvalue weighted by molar-refractivity contribution is -0.137. The third-order valence-electron chi connectivity index (χ3n) is 4.95. The van der Waals surface area contributed by atoms with Crippen molar-refractivity contribution in [2.45, 2.75) is 24.3 Å². The number of amides is 1. The SMILES string of the molecule is CC(c1ccc(S(C)(=O)=O)cc1)N(C)C(=O)C1COc2ccccc2C1. The van der Waals surface area contributed by atoms with E-state index < -0.39 is 9.84 Å². The molecule has 0 N–H and O–H groups in total. The molecule has 0 aliphatic carbocycles. The Kier molecular flexibility index (Phi) is 5.05. The normalized spacial score (nSPS) is 17.7. The molecule has 0 spiro atoms. The van der Waals surface area contributed by atoms with Gasteiger partial charge in [0.25, 0.3) is 0 Å². The maximum Gasteiger partial charge on any atom is 0.229 e. The highest BCUT2D eigenvalue weighted by Crippen LogP contribution is 2.29. The van der Waals surface area contributed by atoms with Crippen LogP contribution in [0.2, 0.25) is 0 Å². The highest BCUT2D eigenvalue weighted by molar-refractivity contribution is 7.90. The molecule has 6 heteroatoms. The molecule has 2 aromatic rings.